The SMILES string of the molecule is CC(CO)CNC1CCN(Cc2ccccc2)C1. The number of hydrogen-bond acceptors (Lipinski definition) is 3. The predicted octanol–water partition coefficient (Wildman–Crippen LogP) is 1.48. The highest BCUT2D eigenvalue weighted by Gasteiger charge is 2.22. The number of benzene rings is 1. The second kappa shape index (κ2) is 6.88. The molecular weight excluding hydrogens is 224 g/mol. The van der Waals surface area contributed by atoms with E-state index in [-0.39, 0.29) is 6.61 Å². The third-order valence-electron chi connectivity index (χ3n) is 3.59. The van der Waals surface area contributed by atoms with E-state index in [1.807, 2.05) is 0 Å². The lowest BCUT2D eigenvalue weighted by molar-refractivity contribution is 0.229. The van der Waals surface area contributed by atoms with E-state index in [0.29, 0.717) is 12.0 Å². The molecule has 2 N–H and O–H groups in total. The summed E-state index contributed by atoms with van der Waals surface area (Å²) in [6, 6.07) is 11.2. The first-order valence-electron chi connectivity index (χ1n) is 6.88. The third kappa shape index (κ3) is 4.09. The number of rotatable bonds is 6. The van der Waals surface area contributed by atoms with E-state index in [1.165, 1.54) is 18.5 Å². The van der Waals surface area contributed by atoms with Gasteiger partial charge in [-0.2, -0.15) is 0 Å². The maximum atomic E-state index is 9.01. The van der Waals surface area contributed by atoms with Crippen molar-refractivity contribution in [3.8, 4) is 0 Å². The quantitative estimate of drug-likeness (QED) is 0.800. The van der Waals surface area contributed by atoms with Crippen LogP contribution in [-0.4, -0.2) is 42.3 Å². The van der Waals surface area contributed by atoms with Gasteiger partial charge in [-0.15, -0.1) is 0 Å². The summed E-state index contributed by atoms with van der Waals surface area (Å²) < 4.78 is 0. The molecule has 1 fully saturated rings. The molecule has 0 bridgehead atoms. The van der Waals surface area contributed by atoms with Crippen molar-refractivity contribution < 1.29 is 5.11 Å². The van der Waals surface area contributed by atoms with E-state index in [2.05, 4.69) is 47.5 Å². The second-order valence-electron chi connectivity index (χ2n) is 5.40. The Morgan fingerprint density at radius 3 is 2.89 bits per heavy atom. The molecule has 1 aromatic rings. The Morgan fingerprint density at radius 2 is 2.17 bits per heavy atom. The number of aliphatic hydroxyl groups is 1. The van der Waals surface area contributed by atoms with Gasteiger partial charge in [0.15, 0.2) is 0 Å². The van der Waals surface area contributed by atoms with Crippen molar-refractivity contribution in [3.05, 3.63) is 35.9 Å². The molecule has 1 aromatic carbocycles. The fourth-order valence-electron chi connectivity index (χ4n) is 2.42. The minimum atomic E-state index is 0.271. The molecule has 0 aliphatic carbocycles. The molecule has 1 aliphatic heterocycles. The van der Waals surface area contributed by atoms with E-state index in [0.717, 1.165) is 19.6 Å². The Morgan fingerprint density at radius 1 is 1.39 bits per heavy atom. The van der Waals surface area contributed by atoms with Gasteiger partial charge in [-0.1, -0.05) is 37.3 Å². The summed E-state index contributed by atoms with van der Waals surface area (Å²) in [5.41, 5.74) is 1.39. The summed E-state index contributed by atoms with van der Waals surface area (Å²) in [6.45, 7) is 6.60. The molecular formula is C15H24N2O. The molecule has 0 amide bonds. The number of likely N-dealkylation sites (tertiary alicyclic amines) is 1. The van der Waals surface area contributed by atoms with Crippen LogP contribution in [-0.2, 0) is 6.54 Å². The zero-order valence-electron chi connectivity index (χ0n) is 11.2. The molecule has 0 radical (unpaired) electrons. The van der Waals surface area contributed by atoms with Crippen molar-refractivity contribution in [2.75, 3.05) is 26.2 Å². The van der Waals surface area contributed by atoms with Gasteiger partial charge in [0.25, 0.3) is 0 Å². The highest BCUT2D eigenvalue weighted by atomic mass is 16.3. The van der Waals surface area contributed by atoms with Gasteiger partial charge < -0.3 is 10.4 Å². The van der Waals surface area contributed by atoms with Gasteiger partial charge in [-0.25, -0.2) is 0 Å². The molecule has 0 saturated carbocycles. The van der Waals surface area contributed by atoms with E-state index in [9.17, 15) is 0 Å². The monoisotopic (exact) mass is 248 g/mol. The lowest BCUT2D eigenvalue weighted by atomic mass is 10.2. The fraction of sp³-hybridized carbons (Fsp3) is 0.600. The zero-order chi connectivity index (χ0) is 12.8. The fourth-order valence-corrected chi connectivity index (χ4v) is 2.42. The molecule has 2 rings (SSSR count). The molecule has 2 atom stereocenters. The van der Waals surface area contributed by atoms with Crippen molar-refractivity contribution >= 4 is 0 Å². The van der Waals surface area contributed by atoms with E-state index < -0.39 is 0 Å². The Balaban J connectivity index is 1.72. The summed E-state index contributed by atoms with van der Waals surface area (Å²) in [5.74, 6) is 0.355. The molecule has 3 nitrogen and oxygen atoms in total. The van der Waals surface area contributed by atoms with Gasteiger partial charge in [-0.3, -0.25) is 4.90 Å². The van der Waals surface area contributed by atoms with Crippen molar-refractivity contribution in [1.29, 1.82) is 0 Å². The summed E-state index contributed by atoms with van der Waals surface area (Å²) >= 11 is 0. The first kappa shape index (κ1) is 13.5. The molecule has 2 unspecified atom stereocenters. The van der Waals surface area contributed by atoms with Crippen LogP contribution in [0.2, 0.25) is 0 Å². The Bertz CT molecular complexity index is 342. The van der Waals surface area contributed by atoms with Gasteiger partial charge in [0, 0.05) is 38.8 Å². The van der Waals surface area contributed by atoms with Gasteiger partial charge in [0.2, 0.25) is 0 Å². The Kier molecular flexibility index (Phi) is 5.17. The number of aliphatic hydroxyl groups excluding tert-OH is 1. The van der Waals surface area contributed by atoms with Crippen LogP contribution in [0.15, 0.2) is 30.3 Å². The first-order chi connectivity index (χ1) is 8.78. The summed E-state index contributed by atoms with van der Waals surface area (Å²) in [7, 11) is 0. The molecule has 1 aliphatic rings. The summed E-state index contributed by atoms with van der Waals surface area (Å²) in [5, 5.41) is 12.6. The zero-order valence-corrected chi connectivity index (χ0v) is 11.2. The van der Waals surface area contributed by atoms with Crippen LogP contribution in [0.1, 0.15) is 18.9 Å². The van der Waals surface area contributed by atoms with Crippen LogP contribution in [0.25, 0.3) is 0 Å². The van der Waals surface area contributed by atoms with Crippen molar-refractivity contribution in [2.45, 2.75) is 25.9 Å². The summed E-state index contributed by atoms with van der Waals surface area (Å²) in [4.78, 5) is 2.50. The molecule has 100 valence electrons. The van der Waals surface area contributed by atoms with Gasteiger partial charge in [0.1, 0.15) is 0 Å². The van der Waals surface area contributed by atoms with Gasteiger partial charge in [-0.05, 0) is 17.9 Å². The standard InChI is InChI=1S/C15H24N2O/c1-13(12-18)9-16-15-7-8-17(11-15)10-14-5-3-2-4-6-14/h2-6,13,15-16,18H,7-12H2,1H3. The molecule has 0 spiro atoms. The lowest BCUT2D eigenvalue weighted by Crippen LogP contribution is -2.35. The predicted molar refractivity (Wildman–Crippen MR) is 74.4 cm³/mol. The maximum Gasteiger partial charge on any atom is 0.0468 e. The van der Waals surface area contributed by atoms with Crippen molar-refractivity contribution in [1.82, 2.24) is 10.2 Å². The van der Waals surface area contributed by atoms with E-state index in [4.69, 9.17) is 5.11 Å². The summed E-state index contributed by atoms with van der Waals surface area (Å²) in [6.07, 6.45) is 1.21. The Hall–Kier alpha value is -0.900. The minimum Gasteiger partial charge on any atom is -0.396 e. The molecule has 1 saturated heterocycles. The van der Waals surface area contributed by atoms with Crippen LogP contribution in [0.5, 0.6) is 0 Å². The van der Waals surface area contributed by atoms with Gasteiger partial charge in [0.05, 0.1) is 0 Å². The topological polar surface area (TPSA) is 35.5 Å². The highest BCUT2D eigenvalue weighted by molar-refractivity contribution is 5.14. The van der Waals surface area contributed by atoms with Crippen LogP contribution >= 0.6 is 0 Å². The highest BCUT2D eigenvalue weighted by Crippen LogP contribution is 2.13. The molecule has 18 heavy (non-hydrogen) atoms. The minimum absolute atomic E-state index is 0.271. The lowest BCUT2D eigenvalue weighted by Gasteiger charge is -2.18. The molecule has 0 aromatic heterocycles. The maximum absolute atomic E-state index is 9.01. The number of nitrogens with one attached hydrogen (secondary N) is 1. The first-order valence-corrected chi connectivity index (χ1v) is 6.88. The van der Waals surface area contributed by atoms with Crippen LogP contribution in [0.4, 0.5) is 0 Å². The van der Waals surface area contributed by atoms with E-state index >= 15 is 0 Å². The number of hydrogen-bond donors (Lipinski definition) is 2. The van der Waals surface area contributed by atoms with Crippen LogP contribution < -0.4 is 5.32 Å². The average molecular weight is 248 g/mol. The largest absolute Gasteiger partial charge is 0.396 e. The Labute approximate surface area is 110 Å². The second-order valence-corrected chi connectivity index (χ2v) is 5.40. The van der Waals surface area contributed by atoms with E-state index in [1.54, 1.807) is 0 Å². The molecule has 1 heterocycles. The van der Waals surface area contributed by atoms with Crippen LogP contribution in [0.3, 0.4) is 0 Å². The van der Waals surface area contributed by atoms with Crippen molar-refractivity contribution in [3.63, 3.8) is 0 Å². The molecule has 3 heteroatoms. The average Bonchev–Trinajstić information content (AvgIpc) is 2.85. The smallest absolute Gasteiger partial charge is 0.0468 e. The van der Waals surface area contributed by atoms with Crippen LogP contribution in [0, 0.1) is 5.92 Å². The normalized spacial score (nSPS) is 22.2. The third-order valence-corrected chi connectivity index (χ3v) is 3.59. The van der Waals surface area contributed by atoms with Gasteiger partial charge >= 0.3 is 0 Å². The van der Waals surface area contributed by atoms with Crippen molar-refractivity contribution in [2.24, 2.45) is 5.92 Å². The number of nitrogens with zero attached hydrogens (tertiary/aromatic N) is 1.